The topological polar surface area (TPSA) is 113 Å². The quantitative estimate of drug-likeness (QED) is 0.457. The third-order valence-corrected chi connectivity index (χ3v) is 9.73. The number of hydroxylamine groups is 1. The van der Waals surface area contributed by atoms with E-state index < -0.39 is 15.6 Å². The van der Waals surface area contributed by atoms with Crippen molar-refractivity contribution in [1.29, 1.82) is 0 Å². The highest BCUT2D eigenvalue weighted by atomic mass is 32.2. The Labute approximate surface area is 240 Å². The maximum absolute atomic E-state index is 13.3. The molecule has 5 rings (SSSR count). The van der Waals surface area contributed by atoms with Gasteiger partial charge in [-0.3, -0.25) is 24.6 Å². The van der Waals surface area contributed by atoms with Gasteiger partial charge in [0.15, 0.2) is 5.75 Å². The number of amidine groups is 1. The zero-order chi connectivity index (χ0) is 29.2. The number of rotatable bonds is 8. The molecule has 0 saturated carbocycles. The molecule has 3 aliphatic rings. The molecule has 1 amide bonds. The first-order valence-electron chi connectivity index (χ1n) is 13.8. The fraction of sp³-hybridized carbons (Fsp3) is 0.448. The lowest BCUT2D eigenvalue weighted by Crippen LogP contribution is -2.50. The zero-order valence-electron chi connectivity index (χ0n) is 23.5. The van der Waals surface area contributed by atoms with Crippen molar-refractivity contribution in [3.05, 3.63) is 64.1 Å². The largest absolute Gasteiger partial charge is 0.317 e. The normalized spacial score (nSPS) is 19.9. The van der Waals surface area contributed by atoms with Crippen LogP contribution in [0, 0.1) is 13.8 Å². The van der Waals surface area contributed by atoms with Crippen molar-refractivity contribution in [1.82, 2.24) is 14.9 Å². The van der Waals surface area contributed by atoms with Gasteiger partial charge in [0.05, 0.1) is 18.8 Å². The molecule has 2 saturated heterocycles. The number of sulfonamides is 1. The van der Waals surface area contributed by atoms with E-state index in [4.69, 9.17) is 4.84 Å². The molecule has 220 valence electrons. The molecule has 2 aromatic carbocycles. The van der Waals surface area contributed by atoms with Gasteiger partial charge in [0.1, 0.15) is 11.4 Å². The van der Waals surface area contributed by atoms with E-state index in [9.17, 15) is 17.7 Å². The van der Waals surface area contributed by atoms with E-state index in [1.54, 1.807) is 25.3 Å². The van der Waals surface area contributed by atoms with E-state index >= 15 is 0 Å². The van der Waals surface area contributed by atoms with E-state index in [-0.39, 0.29) is 43.6 Å². The predicted octanol–water partition coefficient (Wildman–Crippen LogP) is 3.40. The van der Waals surface area contributed by atoms with Gasteiger partial charge in [0.2, 0.25) is 10.0 Å². The number of hydrogen-bond acceptors (Lipinski definition) is 8. The van der Waals surface area contributed by atoms with Gasteiger partial charge in [0, 0.05) is 28.6 Å². The summed E-state index contributed by atoms with van der Waals surface area (Å²) < 4.78 is 40.5. The van der Waals surface area contributed by atoms with E-state index in [1.165, 1.54) is 21.8 Å². The number of aryl methyl sites for hydroxylation is 2. The smallest absolute Gasteiger partial charge is 0.253 e. The Morgan fingerprint density at radius 1 is 1.12 bits per heavy atom. The molecular formula is C29H36FN5O5S. The maximum atomic E-state index is 13.3. The third-order valence-electron chi connectivity index (χ3n) is 8.16. The number of carbonyl (C=O) groups is 1. The van der Waals surface area contributed by atoms with Gasteiger partial charge in [-0.2, -0.15) is 4.31 Å². The van der Waals surface area contributed by atoms with Crippen LogP contribution in [0.3, 0.4) is 0 Å². The van der Waals surface area contributed by atoms with Crippen LogP contribution in [0.4, 0.5) is 10.2 Å². The second-order valence-electron chi connectivity index (χ2n) is 10.8. The van der Waals surface area contributed by atoms with Crippen LogP contribution in [-0.4, -0.2) is 69.3 Å². The Kier molecular flexibility index (Phi) is 8.46. The molecule has 2 N–H and O–H groups in total. The number of hydrogen-bond donors (Lipinski definition) is 2. The highest BCUT2D eigenvalue weighted by Gasteiger charge is 2.47. The number of amides is 1. The summed E-state index contributed by atoms with van der Waals surface area (Å²) in [6.07, 6.45) is 4.10. The molecule has 0 aromatic heterocycles. The van der Waals surface area contributed by atoms with Crippen LogP contribution in [0.15, 0.2) is 46.8 Å². The molecule has 0 radical (unpaired) electrons. The van der Waals surface area contributed by atoms with Crippen molar-refractivity contribution in [2.75, 3.05) is 38.4 Å². The van der Waals surface area contributed by atoms with Gasteiger partial charge in [-0.25, -0.2) is 8.42 Å². The Balaban J connectivity index is 1.28. The summed E-state index contributed by atoms with van der Waals surface area (Å²) in [4.78, 5) is 27.0. The second-order valence-corrected chi connectivity index (χ2v) is 12.6. The molecule has 1 spiro atoms. The third kappa shape index (κ3) is 6.01. The summed E-state index contributed by atoms with van der Waals surface area (Å²) in [6, 6.07) is 10.5. The van der Waals surface area contributed by atoms with Crippen LogP contribution in [0.2, 0.25) is 0 Å². The Morgan fingerprint density at radius 2 is 1.80 bits per heavy atom. The van der Waals surface area contributed by atoms with Gasteiger partial charge < -0.3 is 10.6 Å². The minimum atomic E-state index is -3.73. The minimum absolute atomic E-state index is 0.00556. The average molecular weight is 586 g/mol. The molecule has 3 heterocycles. The monoisotopic (exact) mass is 585 g/mol. The molecule has 0 aliphatic carbocycles. The van der Waals surface area contributed by atoms with E-state index in [1.807, 2.05) is 31.0 Å². The molecule has 2 fully saturated rings. The molecule has 2 aromatic rings. The lowest BCUT2D eigenvalue weighted by molar-refractivity contribution is -0.124. The van der Waals surface area contributed by atoms with Crippen molar-refractivity contribution in [3.8, 4) is 5.75 Å². The summed E-state index contributed by atoms with van der Waals surface area (Å²) in [6.45, 7) is 6.13. The van der Waals surface area contributed by atoms with E-state index in [0.717, 1.165) is 48.3 Å². The number of aliphatic imine (C=N–C) groups is 1. The summed E-state index contributed by atoms with van der Waals surface area (Å²) in [5, 5.41) is 9.33. The standard InChI is InChI=1S/C29H36FN5O5S/c1-20-17-24(35(39-3)23-7-12-31-13-8-23)18-21(2)26(20)9-16-41(37,38)34-14-10-29(11-15-34)28(36)32-27(33-29)22-5-4-6-25(19-22)40-30/h4-6,9,16-19,23,31H,7-8,10-15H2,1-3H3,(H,32,33,36)/b16-9+. The molecule has 0 unspecified atom stereocenters. The van der Waals surface area contributed by atoms with Crippen molar-refractivity contribution in [2.45, 2.75) is 51.1 Å². The summed E-state index contributed by atoms with van der Waals surface area (Å²) in [7, 11) is -2.05. The van der Waals surface area contributed by atoms with Gasteiger partial charge in [-0.05, 0) is 99.7 Å². The number of piperidine rings is 2. The van der Waals surface area contributed by atoms with E-state index in [0.29, 0.717) is 11.4 Å². The van der Waals surface area contributed by atoms with Gasteiger partial charge in [-0.15, -0.1) is 0 Å². The molecule has 10 nitrogen and oxygen atoms in total. The first-order valence-corrected chi connectivity index (χ1v) is 15.3. The molecule has 3 aliphatic heterocycles. The zero-order valence-corrected chi connectivity index (χ0v) is 24.3. The van der Waals surface area contributed by atoms with Crippen LogP contribution in [0.25, 0.3) is 6.08 Å². The van der Waals surface area contributed by atoms with Crippen LogP contribution in [0.1, 0.15) is 47.9 Å². The number of anilines is 1. The van der Waals surface area contributed by atoms with E-state index in [2.05, 4.69) is 20.6 Å². The molecular weight excluding hydrogens is 549 g/mol. The first kappa shape index (κ1) is 29.2. The van der Waals surface area contributed by atoms with Gasteiger partial charge >= 0.3 is 0 Å². The SMILES string of the molecule is CON(c1cc(C)c(/C=C/S(=O)(=O)N2CCC3(CC2)N=C(c2cccc(OF)c2)NC3=O)c(C)c1)C1CCNCC1. The lowest BCUT2D eigenvalue weighted by atomic mass is 9.89. The summed E-state index contributed by atoms with van der Waals surface area (Å²) in [5.41, 5.74) is 3.16. The van der Waals surface area contributed by atoms with Gasteiger partial charge in [0.25, 0.3) is 5.91 Å². The van der Waals surface area contributed by atoms with Crippen molar-refractivity contribution >= 4 is 33.5 Å². The molecule has 0 bridgehead atoms. The van der Waals surface area contributed by atoms with Crippen LogP contribution < -0.4 is 20.6 Å². The number of carbonyl (C=O) groups excluding carboxylic acids is 1. The highest BCUT2D eigenvalue weighted by Crippen LogP contribution is 2.33. The van der Waals surface area contributed by atoms with Crippen molar-refractivity contribution < 1.29 is 27.5 Å². The van der Waals surface area contributed by atoms with Crippen molar-refractivity contribution in [3.63, 3.8) is 0 Å². The number of benzene rings is 2. The maximum Gasteiger partial charge on any atom is 0.253 e. The summed E-state index contributed by atoms with van der Waals surface area (Å²) in [5.74, 6) is 0.0466. The van der Waals surface area contributed by atoms with Crippen LogP contribution in [0.5, 0.6) is 5.75 Å². The van der Waals surface area contributed by atoms with Crippen molar-refractivity contribution in [2.24, 2.45) is 4.99 Å². The Morgan fingerprint density at radius 3 is 2.44 bits per heavy atom. The minimum Gasteiger partial charge on any atom is -0.317 e. The predicted molar refractivity (Wildman–Crippen MR) is 156 cm³/mol. The number of nitrogens with zero attached hydrogens (tertiary/aromatic N) is 3. The Bertz CT molecular complexity index is 1440. The van der Waals surface area contributed by atoms with Crippen LogP contribution in [-0.2, 0) is 19.7 Å². The second kappa shape index (κ2) is 11.9. The lowest BCUT2D eigenvalue weighted by Gasteiger charge is -2.34. The Hall–Kier alpha value is -3.32. The molecule has 41 heavy (non-hydrogen) atoms. The number of halogens is 1. The number of nitrogens with one attached hydrogen (secondary N) is 2. The molecule has 12 heteroatoms. The average Bonchev–Trinajstić information content (AvgIpc) is 3.28. The molecule has 0 atom stereocenters. The fourth-order valence-electron chi connectivity index (χ4n) is 5.88. The fourth-order valence-corrected chi connectivity index (χ4v) is 7.05. The first-order chi connectivity index (χ1) is 19.7. The van der Waals surface area contributed by atoms with Gasteiger partial charge in [-0.1, -0.05) is 12.1 Å². The summed E-state index contributed by atoms with van der Waals surface area (Å²) >= 11 is 0. The highest BCUT2D eigenvalue weighted by molar-refractivity contribution is 7.92. The van der Waals surface area contributed by atoms with Crippen LogP contribution >= 0.6 is 0 Å².